The molecule has 1 aromatic rings. The average molecular weight is 278 g/mol. The van der Waals surface area contributed by atoms with E-state index in [1.54, 1.807) is 6.33 Å². The Labute approximate surface area is 123 Å². The molecule has 114 valence electrons. The van der Waals surface area contributed by atoms with Crippen molar-refractivity contribution in [3.05, 3.63) is 12.2 Å². The molecule has 0 bridgehead atoms. The Morgan fingerprint density at radius 3 is 2.70 bits per heavy atom. The van der Waals surface area contributed by atoms with Crippen molar-refractivity contribution in [1.82, 2.24) is 20.1 Å². The predicted octanol–water partition coefficient (Wildman–Crippen LogP) is 3.04. The predicted molar refractivity (Wildman–Crippen MR) is 82.6 cm³/mol. The van der Waals surface area contributed by atoms with Crippen molar-refractivity contribution in [1.29, 1.82) is 0 Å². The highest BCUT2D eigenvalue weighted by Crippen LogP contribution is 2.38. The van der Waals surface area contributed by atoms with E-state index in [2.05, 4.69) is 40.9 Å². The fraction of sp³-hybridized carbons (Fsp3) is 0.875. The van der Waals surface area contributed by atoms with Gasteiger partial charge in [-0.05, 0) is 37.6 Å². The summed E-state index contributed by atoms with van der Waals surface area (Å²) in [7, 11) is 0. The molecular formula is C16H30N4. The highest BCUT2D eigenvalue weighted by molar-refractivity contribution is 4.96. The summed E-state index contributed by atoms with van der Waals surface area (Å²) in [5, 5.41) is 8.01. The summed E-state index contributed by atoms with van der Waals surface area (Å²) in [6, 6.07) is 0. The monoisotopic (exact) mass is 278 g/mol. The van der Waals surface area contributed by atoms with E-state index in [9.17, 15) is 0 Å². The number of nitrogens with zero attached hydrogens (tertiary/aromatic N) is 3. The van der Waals surface area contributed by atoms with Crippen molar-refractivity contribution in [3.63, 3.8) is 0 Å². The number of aromatic nitrogens is 3. The molecule has 1 heterocycles. The van der Waals surface area contributed by atoms with Crippen molar-refractivity contribution < 1.29 is 0 Å². The minimum Gasteiger partial charge on any atom is -0.316 e. The van der Waals surface area contributed by atoms with Gasteiger partial charge in [0.25, 0.3) is 0 Å². The maximum atomic E-state index is 4.49. The molecule has 0 saturated heterocycles. The number of nitrogens with one attached hydrogen (secondary N) is 1. The van der Waals surface area contributed by atoms with Crippen LogP contribution >= 0.6 is 0 Å². The minimum atomic E-state index is 0.396. The Morgan fingerprint density at radius 2 is 2.05 bits per heavy atom. The normalized spacial score (nSPS) is 18.6. The SMILES string of the molecule is CCn1ncnc1CC1(CNCC(C)C)CCCCC1. The van der Waals surface area contributed by atoms with Crippen LogP contribution in [-0.4, -0.2) is 27.9 Å². The molecule has 1 saturated carbocycles. The van der Waals surface area contributed by atoms with Crippen LogP contribution < -0.4 is 5.32 Å². The molecule has 1 aromatic heterocycles. The molecule has 0 unspecified atom stereocenters. The summed E-state index contributed by atoms with van der Waals surface area (Å²) in [4.78, 5) is 4.49. The zero-order chi connectivity index (χ0) is 14.4. The van der Waals surface area contributed by atoms with Crippen LogP contribution in [0.15, 0.2) is 6.33 Å². The maximum Gasteiger partial charge on any atom is 0.138 e. The second-order valence-electron chi connectivity index (χ2n) is 6.75. The van der Waals surface area contributed by atoms with E-state index in [0.29, 0.717) is 5.41 Å². The van der Waals surface area contributed by atoms with Crippen molar-refractivity contribution in [2.24, 2.45) is 11.3 Å². The number of hydrogen-bond acceptors (Lipinski definition) is 3. The highest BCUT2D eigenvalue weighted by atomic mass is 15.3. The quantitative estimate of drug-likeness (QED) is 0.833. The van der Waals surface area contributed by atoms with Crippen molar-refractivity contribution >= 4 is 0 Å². The van der Waals surface area contributed by atoms with Gasteiger partial charge < -0.3 is 5.32 Å². The van der Waals surface area contributed by atoms with Crippen molar-refractivity contribution in [2.75, 3.05) is 13.1 Å². The van der Waals surface area contributed by atoms with Gasteiger partial charge in [0, 0.05) is 19.5 Å². The molecule has 0 aromatic carbocycles. The van der Waals surface area contributed by atoms with Gasteiger partial charge in [-0.15, -0.1) is 0 Å². The zero-order valence-electron chi connectivity index (χ0n) is 13.4. The van der Waals surface area contributed by atoms with Gasteiger partial charge in [-0.25, -0.2) is 4.98 Å². The lowest BCUT2D eigenvalue weighted by Crippen LogP contribution is -2.39. The van der Waals surface area contributed by atoms with Crippen molar-refractivity contribution in [2.45, 2.75) is 65.8 Å². The van der Waals surface area contributed by atoms with Crippen LogP contribution in [0.2, 0.25) is 0 Å². The van der Waals surface area contributed by atoms with Crippen LogP contribution in [0.25, 0.3) is 0 Å². The first-order valence-electron chi connectivity index (χ1n) is 8.22. The Balaban J connectivity index is 2.02. The summed E-state index contributed by atoms with van der Waals surface area (Å²) < 4.78 is 2.05. The van der Waals surface area contributed by atoms with Gasteiger partial charge in [0.2, 0.25) is 0 Å². The van der Waals surface area contributed by atoms with E-state index in [0.717, 1.165) is 32.0 Å². The molecule has 0 atom stereocenters. The van der Waals surface area contributed by atoms with E-state index in [1.807, 2.05) is 0 Å². The van der Waals surface area contributed by atoms with Gasteiger partial charge in [-0.3, -0.25) is 4.68 Å². The Hall–Kier alpha value is -0.900. The van der Waals surface area contributed by atoms with E-state index >= 15 is 0 Å². The number of rotatable bonds is 7. The topological polar surface area (TPSA) is 42.7 Å². The molecule has 1 aliphatic rings. The second-order valence-corrected chi connectivity index (χ2v) is 6.75. The number of aryl methyl sites for hydroxylation is 1. The Morgan fingerprint density at radius 1 is 1.30 bits per heavy atom. The van der Waals surface area contributed by atoms with E-state index in [4.69, 9.17) is 0 Å². The van der Waals surface area contributed by atoms with Gasteiger partial charge >= 0.3 is 0 Å². The first kappa shape index (κ1) is 15.5. The van der Waals surface area contributed by atoms with Gasteiger partial charge in [0.15, 0.2) is 0 Å². The molecule has 4 heteroatoms. The molecule has 0 aliphatic heterocycles. The summed E-state index contributed by atoms with van der Waals surface area (Å²) >= 11 is 0. The molecule has 4 nitrogen and oxygen atoms in total. The van der Waals surface area contributed by atoms with Crippen molar-refractivity contribution in [3.8, 4) is 0 Å². The fourth-order valence-corrected chi connectivity index (χ4v) is 3.37. The third-order valence-electron chi connectivity index (χ3n) is 4.50. The van der Waals surface area contributed by atoms with E-state index in [1.165, 1.54) is 37.9 Å². The molecule has 1 aliphatic carbocycles. The zero-order valence-corrected chi connectivity index (χ0v) is 13.4. The van der Waals surface area contributed by atoms with Crippen LogP contribution in [0.5, 0.6) is 0 Å². The molecular weight excluding hydrogens is 248 g/mol. The third kappa shape index (κ3) is 4.05. The molecule has 2 rings (SSSR count). The summed E-state index contributed by atoms with van der Waals surface area (Å²) in [6.07, 6.45) is 9.56. The second kappa shape index (κ2) is 7.21. The highest BCUT2D eigenvalue weighted by Gasteiger charge is 2.33. The molecule has 0 spiro atoms. The third-order valence-corrected chi connectivity index (χ3v) is 4.50. The molecule has 20 heavy (non-hydrogen) atoms. The Bertz CT molecular complexity index is 391. The lowest BCUT2D eigenvalue weighted by molar-refractivity contribution is 0.173. The van der Waals surface area contributed by atoms with E-state index in [-0.39, 0.29) is 0 Å². The van der Waals surface area contributed by atoms with Crippen LogP contribution in [-0.2, 0) is 13.0 Å². The lowest BCUT2D eigenvalue weighted by Gasteiger charge is -2.37. The minimum absolute atomic E-state index is 0.396. The molecule has 0 amide bonds. The lowest BCUT2D eigenvalue weighted by atomic mass is 9.71. The van der Waals surface area contributed by atoms with Gasteiger partial charge in [0.1, 0.15) is 12.2 Å². The maximum absolute atomic E-state index is 4.49. The first-order valence-corrected chi connectivity index (χ1v) is 8.22. The summed E-state index contributed by atoms with van der Waals surface area (Å²) in [6.45, 7) is 9.85. The molecule has 1 fully saturated rings. The summed E-state index contributed by atoms with van der Waals surface area (Å²) in [5.41, 5.74) is 0.396. The van der Waals surface area contributed by atoms with Gasteiger partial charge in [0.05, 0.1) is 0 Å². The van der Waals surface area contributed by atoms with Gasteiger partial charge in [-0.1, -0.05) is 33.1 Å². The standard InChI is InChI=1S/C16H30N4/c1-4-20-15(18-13-19-20)10-16(8-6-5-7-9-16)12-17-11-14(2)3/h13-14,17H,4-12H2,1-3H3. The van der Waals surface area contributed by atoms with Crippen LogP contribution in [0.1, 0.15) is 58.7 Å². The van der Waals surface area contributed by atoms with Crippen LogP contribution in [0.3, 0.4) is 0 Å². The summed E-state index contributed by atoms with van der Waals surface area (Å²) in [5.74, 6) is 1.88. The van der Waals surface area contributed by atoms with Crippen LogP contribution in [0, 0.1) is 11.3 Å². The average Bonchev–Trinajstić information content (AvgIpc) is 2.86. The van der Waals surface area contributed by atoms with E-state index < -0.39 is 0 Å². The molecule has 0 radical (unpaired) electrons. The van der Waals surface area contributed by atoms with Gasteiger partial charge in [-0.2, -0.15) is 5.10 Å². The van der Waals surface area contributed by atoms with Crippen LogP contribution in [0.4, 0.5) is 0 Å². The largest absolute Gasteiger partial charge is 0.316 e. The Kier molecular flexibility index (Phi) is 5.58. The molecule has 1 N–H and O–H groups in total. The fourth-order valence-electron chi connectivity index (χ4n) is 3.37. The first-order chi connectivity index (χ1) is 9.65. The smallest absolute Gasteiger partial charge is 0.138 e. The number of hydrogen-bond donors (Lipinski definition) is 1.